The summed E-state index contributed by atoms with van der Waals surface area (Å²) in [5.74, 6) is 1.51. The van der Waals surface area contributed by atoms with Crippen LogP contribution in [0.2, 0.25) is 0 Å². The lowest BCUT2D eigenvalue weighted by Gasteiger charge is -2.23. The van der Waals surface area contributed by atoms with E-state index in [-0.39, 0.29) is 5.91 Å². The fourth-order valence-corrected chi connectivity index (χ4v) is 3.09. The summed E-state index contributed by atoms with van der Waals surface area (Å²) < 4.78 is 16.7. The lowest BCUT2D eigenvalue weighted by atomic mass is 10.1. The molecule has 0 fully saturated rings. The largest absolute Gasteiger partial charge is 0.490 e. The number of amides is 1. The van der Waals surface area contributed by atoms with Gasteiger partial charge in [-0.05, 0) is 55.2 Å². The monoisotopic (exact) mass is 399 g/mol. The first-order valence-electron chi connectivity index (χ1n) is 10.4. The average Bonchev–Trinajstić information content (AvgIpc) is 2.73. The van der Waals surface area contributed by atoms with E-state index in [9.17, 15) is 4.79 Å². The smallest absolute Gasteiger partial charge is 0.254 e. The highest BCUT2D eigenvalue weighted by molar-refractivity contribution is 5.94. The number of ether oxygens (including phenoxy) is 3. The summed E-state index contributed by atoms with van der Waals surface area (Å²) >= 11 is 0. The Hall–Kier alpha value is -2.53. The summed E-state index contributed by atoms with van der Waals surface area (Å²) in [5.41, 5.74) is 2.76. The molecule has 0 aliphatic carbocycles. The first-order chi connectivity index (χ1) is 14.1. The van der Waals surface area contributed by atoms with Crippen molar-refractivity contribution in [2.75, 3.05) is 26.9 Å². The van der Waals surface area contributed by atoms with Crippen LogP contribution in [0, 0.1) is 0 Å². The van der Waals surface area contributed by atoms with Crippen LogP contribution in [0.1, 0.15) is 55.1 Å². The van der Waals surface area contributed by atoms with Crippen LogP contribution in [-0.2, 0) is 17.9 Å². The molecule has 0 saturated carbocycles. The first kappa shape index (κ1) is 22.8. The van der Waals surface area contributed by atoms with E-state index >= 15 is 0 Å². The number of benzene rings is 2. The summed E-state index contributed by atoms with van der Waals surface area (Å²) in [5, 5.41) is 0. The van der Waals surface area contributed by atoms with E-state index in [1.54, 1.807) is 7.11 Å². The second-order valence-corrected chi connectivity index (χ2v) is 6.92. The molecule has 0 bridgehead atoms. The molecule has 0 radical (unpaired) electrons. The quantitative estimate of drug-likeness (QED) is 0.500. The Morgan fingerprint density at radius 3 is 2.24 bits per heavy atom. The molecule has 0 unspecified atom stereocenters. The van der Waals surface area contributed by atoms with Crippen LogP contribution in [0.25, 0.3) is 0 Å². The second kappa shape index (κ2) is 12.1. The lowest BCUT2D eigenvalue weighted by Crippen LogP contribution is -2.31. The predicted octanol–water partition coefficient (Wildman–Crippen LogP) is 5.07. The fourth-order valence-electron chi connectivity index (χ4n) is 3.09. The summed E-state index contributed by atoms with van der Waals surface area (Å²) in [7, 11) is 1.66. The second-order valence-electron chi connectivity index (χ2n) is 6.92. The molecule has 0 aromatic heterocycles. The minimum absolute atomic E-state index is 0.0279. The number of carbonyl (C=O) groups excluding carboxylic acids is 1. The standard InChI is InChI=1S/C24H33NO4/c1-5-14-25(24(26)21-11-8-19(9-12-21)18-27-4)17-20-10-13-22(29-15-6-2)23(16-20)28-7-3/h8-13,16H,5-7,14-15,17-18H2,1-4H3. The zero-order valence-corrected chi connectivity index (χ0v) is 18.1. The number of methoxy groups -OCH3 is 1. The molecule has 0 aliphatic rings. The van der Waals surface area contributed by atoms with Gasteiger partial charge in [0.15, 0.2) is 11.5 Å². The minimum Gasteiger partial charge on any atom is -0.490 e. The van der Waals surface area contributed by atoms with Crippen LogP contribution in [0.15, 0.2) is 42.5 Å². The Morgan fingerprint density at radius 2 is 1.62 bits per heavy atom. The molecule has 1 amide bonds. The van der Waals surface area contributed by atoms with Crippen LogP contribution in [0.3, 0.4) is 0 Å². The maximum Gasteiger partial charge on any atom is 0.254 e. The predicted molar refractivity (Wildman–Crippen MR) is 116 cm³/mol. The van der Waals surface area contributed by atoms with Gasteiger partial charge in [-0.2, -0.15) is 0 Å². The molecular formula is C24H33NO4. The molecule has 5 nitrogen and oxygen atoms in total. The van der Waals surface area contributed by atoms with Crippen molar-refractivity contribution in [3.05, 3.63) is 59.2 Å². The van der Waals surface area contributed by atoms with Crippen molar-refractivity contribution in [3.8, 4) is 11.5 Å². The van der Waals surface area contributed by atoms with Gasteiger partial charge in [0.25, 0.3) is 5.91 Å². The maximum atomic E-state index is 13.1. The zero-order valence-electron chi connectivity index (χ0n) is 18.1. The van der Waals surface area contributed by atoms with Crippen molar-refractivity contribution in [1.82, 2.24) is 4.90 Å². The highest BCUT2D eigenvalue weighted by Gasteiger charge is 2.17. The van der Waals surface area contributed by atoms with E-state index in [1.165, 1.54) is 0 Å². The van der Waals surface area contributed by atoms with Crippen molar-refractivity contribution >= 4 is 5.91 Å². The van der Waals surface area contributed by atoms with E-state index in [0.717, 1.165) is 35.5 Å². The lowest BCUT2D eigenvalue weighted by molar-refractivity contribution is 0.0743. The number of nitrogens with zero attached hydrogens (tertiary/aromatic N) is 1. The third-order valence-electron chi connectivity index (χ3n) is 4.44. The van der Waals surface area contributed by atoms with Gasteiger partial charge in [-0.1, -0.05) is 32.0 Å². The third-order valence-corrected chi connectivity index (χ3v) is 4.44. The van der Waals surface area contributed by atoms with Crippen LogP contribution < -0.4 is 9.47 Å². The molecule has 5 heteroatoms. The van der Waals surface area contributed by atoms with Gasteiger partial charge in [0.05, 0.1) is 19.8 Å². The molecule has 0 atom stereocenters. The molecule has 0 saturated heterocycles. The average molecular weight is 400 g/mol. The maximum absolute atomic E-state index is 13.1. The van der Waals surface area contributed by atoms with E-state index in [2.05, 4.69) is 13.8 Å². The fraction of sp³-hybridized carbons (Fsp3) is 0.458. The minimum atomic E-state index is 0.0279. The molecule has 0 spiro atoms. The van der Waals surface area contributed by atoms with Gasteiger partial charge in [0, 0.05) is 25.8 Å². The van der Waals surface area contributed by atoms with Gasteiger partial charge in [-0.15, -0.1) is 0 Å². The van der Waals surface area contributed by atoms with Gasteiger partial charge in [-0.25, -0.2) is 0 Å². The SMILES string of the molecule is CCCOc1ccc(CN(CCC)C(=O)c2ccc(COC)cc2)cc1OCC. The summed E-state index contributed by atoms with van der Waals surface area (Å²) in [6, 6.07) is 13.5. The van der Waals surface area contributed by atoms with Crippen LogP contribution >= 0.6 is 0 Å². The van der Waals surface area contributed by atoms with Crippen molar-refractivity contribution in [1.29, 1.82) is 0 Å². The van der Waals surface area contributed by atoms with Gasteiger partial charge in [0.2, 0.25) is 0 Å². The number of carbonyl (C=O) groups is 1. The van der Waals surface area contributed by atoms with Gasteiger partial charge >= 0.3 is 0 Å². The summed E-state index contributed by atoms with van der Waals surface area (Å²) in [4.78, 5) is 14.9. The molecule has 2 rings (SSSR count). The van der Waals surface area contributed by atoms with Gasteiger partial charge in [-0.3, -0.25) is 4.79 Å². The Bertz CT molecular complexity index is 758. The zero-order chi connectivity index (χ0) is 21.1. The number of rotatable bonds is 12. The highest BCUT2D eigenvalue weighted by Crippen LogP contribution is 2.29. The Kier molecular flexibility index (Phi) is 9.51. The normalized spacial score (nSPS) is 10.6. The Morgan fingerprint density at radius 1 is 0.897 bits per heavy atom. The Labute approximate surface area is 174 Å². The van der Waals surface area contributed by atoms with Crippen LogP contribution in [0.5, 0.6) is 11.5 Å². The van der Waals surface area contributed by atoms with Crippen molar-refractivity contribution < 1.29 is 19.0 Å². The topological polar surface area (TPSA) is 48.0 Å². The van der Waals surface area contributed by atoms with Crippen molar-refractivity contribution in [2.45, 2.75) is 46.8 Å². The van der Waals surface area contributed by atoms with Crippen molar-refractivity contribution in [3.63, 3.8) is 0 Å². The molecule has 29 heavy (non-hydrogen) atoms. The number of hydrogen-bond donors (Lipinski definition) is 0. The first-order valence-corrected chi connectivity index (χ1v) is 10.4. The molecule has 2 aromatic carbocycles. The third kappa shape index (κ3) is 6.79. The Balaban J connectivity index is 2.18. The molecule has 0 heterocycles. The summed E-state index contributed by atoms with van der Waals surface area (Å²) in [6.45, 7) is 9.09. The van der Waals surface area contributed by atoms with Crippen molar-refractivity contribution in [2.24, 2.45) is 0 Å². The number of hydrogen-bond acceptors (Lipinski definition) is 4. The highest BCUT2D eigenvalue weighted by atomic mass is 16.5. The van der Waals surface area contributed by atoms with Gasteiger partial charge < -0.3 is 19.1 Å². The molecule has 158 valence electrons. The molecular weight excluding hydrogens is 366 g/mol. The van der Waals surface area contributed by atoms with E-state index in [4.69, 9.17) is 14.2 Å². The van der Waals surface area contributed by atoms with E-state index in [0.29, 0.717) is 38.5 Å². The van der Waals surface area contributed by atoms with Crippen LogP contribution in [-0.4, -0.2) is 37.7 Å². The van der Waals surface area contributed by atoms with Gasteiger partial charge in [0.1, 0.15) is 0 Å². The molecule has 0 N–H and O–H groups in total. The van der Waals surface area contributed by atoms with E-state index < -0.39 is 0 Å². The molecule has 2 aromatic rings. The molecule has 0 aliphatic heterocycles. The summed E-state index contributed by atoms with van der Waals surface area (Å²) in [6.07, 6.45) is 1.83. The van der Waals surface area contributed by atoms with Crippen LogP contribution in [0.4, 0.5) is 0 Å². The van der Waals surface area contributed by atoms with E-state index in [1.807, 2.05) is 54.3 Å².